The summed E-state index contributed by atoms with van der Waals surface area (Å²) >= 11 is 5.99. The van der Waals surface area contributed by atoms with Crippen LogP contribution >= 0.6 is 11.6 Å². The van der Waals surface area contributed by atoms with E-state index in [2.05, 4.69) is 5.32 Å². The van der Waals surface area contributed by atoms with Crippen molar-refractivity contribution < 1.29 is 9.53 Å². The maximum absolute atomic E-state index is 11.9. The summed E-state index contributed by atoms with van der Waals surface area (Å²) in [5.74, 6) is 0.514. The lowest BCUT2D eigenvalue weighted by Gasteiger charge is -2.19. The number of nitrogens with one attached hydrogen (secondary N) is 1. The molecule has 0 fully saturated rings. The number of halogens is 1. The Balaban J connectivity index is 2.83. The number of rotatable bonds is 6. The number of carbonyl (C=O) groups is 1. The third kappa shape index (κ3) is 5.39. The van der Waals surface area contributed by atoms with Crippen LogP contribution in [-0.4, -0.2) is 24.1 Å². The van der Waals surface area contributed by atoms with Gasteiger partial charge in [-0.2, -0.15) is 0 Å². The lowest BCUT2D eigenvalue weighted by Crippen LogP contribution is -2.40. The lowest BCUT2D eigenvalue weighted by molar-refractivity contribution is -0.127. The van der Waals surface area contributed by atoms with Gasteiger partial charge in [0, 0.05) is 17.1 Å². The fraction of sp³-hybridized carbons (Fsp3) is 0.533. The standard InChI is InChI=1S/C15H23ClN2O2/c1-9(2)18-15(19)11(4)20-14-6-5-13(16)8-12(14)7-10(3)17/h5-6,8-11H,7,17H2,1-4H3,(H,18,19). The molecule has 0 spiro atoms. The zero-order valence-electron chi connectivity index (χ0n) is 12.4. The molecule has 20 heavy (non-hydrogen) atoms. The van der Waals surface area contributed by atoms with Crippen molar-refractivity contribution >= 4 is 17.5 Å². The van der Waals surface area contributed by atoms with E-state index < -0.39 is 6.10 Å². The molecule has 1 aromatic carbocycles. The van der Waals surface area contributed by atoms with Gasteiger partial charge in [0.15, 0.2) is 6.10 Å². The van der Waals surface area contributed by atoms with Crippen molar-refractivity contribution in [2.75, 3.05) is 0 Å². The van der Waals surface area contributed by atoms with E-state index in [1.54, 1.807) is 19.1 Å². The van der Waals surface area contributed by atoms with E-state index in [0.717, 1.165) is 5.56 Å². The summed E-state index contributed by atoms with van der Waals surface area (Å²) in [4.78, 5) is 11.9. The first-order valence-corrected chi connectivity index (χ1v) is 7.18. The van der Waals surface area contributed by atoms with Crippen LogP contribution in [0.3, 0.4) is 0 Å². The van der Waals surface area contributed by atoms with Gasteiger partial charge in [-0.15, -0.1) is 0 Å². The normalized spacial score (nSPS) is 13.9. The highest BCUT2D eigenvalue weighted by Gasteiger charge is 2.17. The van der Waals surface area contributed by atoms with E-state index in [0.29, 0.717) is 17.2 Å². The molecule has 4 nitrogen and oxygen atoms in total. The van der Waals surface area contributed by atoms with Gasteiger partial charge in [0.1, 0.15) is 5.75 Å². The molecule has 0 bridgehead atoms. The Morgan fingerprint density at radius 1 is 1.35 bits per heavy atom. The molecule has 1 aromatic rings. The van der Waals surface area contributed by atoms with E-state index in [1.165, 1.54) is 0 Å². The smallest absolute Gasteiger partial charge is 0.260 e. The lowest BCUT2D eigenvalue weighted by atomic mass is 10.1. The minimum Gasteiger partial charge on any atom is -0.481 e. The summed E-state index contributed by atoms with van der Waals surface area (Å²) < 4.78 is 5.74. The number of nitrogens with two attached hydrogens (primary N) is 1. The first kappa shape index (κ1) is 16.8. The highest BCUT2D eigenvalue weighted by molar-refractivity contribution is 6.30. The van der Waals surface area contributed by atoms with Gasteiger partial charge in [0.2, 0.25) is 0 Å². The van der Waals surface area contributed by atoms with Crippen molar-refractivity contribution in [3.8, 4) is 5.75 Å². The molecule has 1 rings (SSSR count). The Bertz CT molecular complexity index is 461. The van der Waals surface area contributed by atoms with Crippen molar-refractivity contribution in [1.82, 2.24) is 5.32 Å². The van der Waals surface area contributed by atoms with Crippen molar-refractivity contribution in [3.63, 3.8) is 0 Å². The fourth-order valence-corrected chi connectivity index (χ4v) is 2.01. The van der Waals surface area contributed by atoms with E-state index >= 15 is 0 Å². The van der Waals surface area contributed by atoms with Gasteiger partial charge in [0.05, 0.1) is 0 Å². The van der Waals surface area contributed by atoms with Gasteiger partial charge in [-0.1, -0.05) is 11.6 Å². The van der Waals surface area contributed by atoms with E-state index in [1.807, 2.05) is 26.8 Å². The van der Waals surface area contributed by atoms with Crippen molar-refractivity contribution in [1.29, 1.82) is 0 Å². The van der Waals surface area contributed by atoms with Gasteiger partial charge in [0.25, 0.3) is 5.91 Å². The molecule has 0 radical (unpaired) electrons. The topological polar surface area (TPSA) is 64.3 Å². The molecule has 2 unspecified atom stereocenters. The molecule has 5 heteroatoms. The molecule has 0 aliphatic carbocycles. The van der Waals surface area contributed by atoms with Gasteiger partial charge >= 0.3 is 0 Å². The molecular weight excluding hydrogens is 276 g/mol. The Morgan fingerprint density at radius 3 is 2.55 bits per heavy atom. The number of ether oxygens (including phenoxy) is 1. The predicted molar refractivity (Wildman–Crippen MR) is 82.2 cm³/mol. The highest BCUT2D eigenvalue weighted by Crippen LogP contribution is 2.25. The first-order valence-electron chi connectivity index (χ1n) is 6.80. The zero-order valence-corrected chi connectivity index (χ0v) is 13.2. The quantitative estimate of drug-likeness (QED) is 0.848. The summed E-state index contributed by atoms with van der Waals surface area (Å²) in [5.41, 5.74) is 6.74. The van der Waals surface area contributed by atoms with Crippen molar-refractivity contribution in [2.24, 2.45) is 5.73 Å². The van der Waals surface area contributed by atoms with Crippen LogP contribution in [0, 0.1) is 0 Å². The average Bonchev–Trinajstić information content (AvgIpc) is 2.30. The maximum Gasteiger partial charge on any atom is 0.260 e. The maximum atomic E-state index is 11.9. The molecule has 0 saturated carbocycles. The van der Waals surface area contributed by atoms with Crippen molar-refractivity contribution in [2.45, 2.75) is 52.3 Å². The number of hydrogen-bond donors (Lipinski definition) is 2. The summed E-state index contributed by atoms with van der Waals surface area (Å²) in [6, 6.07) is 5.43. The molecule has 3 N–H and O–H groups in total. The van der Waals surface area contributed by atoms with Crippen LogP contribution in [0.1, 0.15) is 33.3 Å². The molecule has 0 heterocycles. The van der Waals surface area contributed by atoms with E-state index in [4.69, 9.17) is 22.1 Å². The molecule has 1 amide bonds. The second kappa shape index (κ2) is 7.50. The average molecular weight is 299 g/mol. The first-order chi connectivity index (χ1) is 9.29. The second-order valence-electron chi connectivity index (χ2n) is 5.36. The van der Waals surface area contributed by atoms with Gasteiger partial charge in [-0.3, -0.25) is 4.79 Å². The van der Waals surface area contributed by atoms with Gasteiger partial charge in [-0.05, 0) is 57.9 Å². The van der Waals surface area contributed by atoms with Crippen LogP contribution in [0.15, 0.2) is 18.2 Å². The summed E-state index contributed by atoms with van der Waals surface area (Å²) in [6.07, 6.45) is 0.0828. The third-order valence-electron chi connectivity index (χ3n) is 2.67. The van der Waals surface area contributed by atoms with Gasteiger partial charge in [-0.25, -0.2) is 0 Å². The van der Waals surface area contributed by atoms with E-state index in [9.17, 15) is 4.79 Å². The zero-order chi connectivity index (χ0) is 15.3. The number of hydrogen-bond acceptors (Lipinski definition) is 3. The minimum absolute atomic E-state index is 0.00406. The minimum atomic E-state index is -0.564. The Hall–Kier alpha value is -1.26. The van der Waals surface area contributed by atoms with E-state index in [-0.39, 0.29) is 18.0 Å². The summed E-state index contributed by atoms with van der Waals surface area (Å²) in [6.45, 7) is 7.46. The van der Waals surface area contributed by atoms with Crippen LogP contribution in [0.5, 0.6) is 5.75 Å². The predicted octanol–water partition coefficient (Wildman–Crippen LogP) is 2.52. The van der Waals surface area contributed by atoms with Crippen LogP contribution in [0.2, 0.25) is 5.02 Å². The molecule has 0 aliphatic heterocycles. The Morgan fingerprint density at radius 2 is 2.00 bits per heavy atom. The monoisotopic (exact) mass is 298 g/mol. The molecule has 2 atom stereocenters. The van der Waals surface area contributed by atoms with Crippen LogP contribution in [0.25, 0.3) is 0 Å². The van der Waals surface area contributed by atoms with Gasteiger partial charge < -0.3 is 15.8 Å². The van der Waals surface area contributed by atoms with Crippen molar-refractivity contribution in [3.05, 3.63) is 28.8 Å². The molecule has 112 valence electrons. The van der Waals surface area contributed by atoms with Crippen LogP contribution in [0.4, 0.5) is 0 Å². The summed E-state index contributed by atoms with van der Waals surface area (Å²) in [7, 11) is 0. The fourth-order valence-electron chi connectivity index (χ4n) is 1.82. The number of amides is 1. The SMILES string of the molecule is CC(N)Cc1cc(Cl)ccc1OC(C)C(=O)NC(C)C. The number of benzene rings is 1. The largest absolute Gasteiger partial charge is 0.481 e. The summed E-state index contributed by atoms with van der Waals surface area (Å²) in [5, 5.41) is 3.45. The molecule has 0 aliphatic rings. The second-order valence-corrected chi connectivity index (χ2v) is 5.79. The van der Waals surface area contributed by atoms with Crippen LogP contribution in [-0.2, 0) is 11.2 Å². The Labute approximate surface area is 125 Å². The molecule has 0 saturated heterocycles. The third-order valence-corrected chi connectivity index (χ3v) is 2.90. The Kier molecular flexibility index (Phi) is 6.30. The van der Waals surface area contributed by atoms with Crippen LogP contribution < -0.4 is 15.8 Å². The number of carbonyl (C=O) groups excluding carboxylic acids is 1. The molecular formula is C15H23ClN2O2. The highest BCUT2D eigenvalue weighted by atomic mass is 35.5. The molecule has 0 aromatic heterocycles.